The Morgan fingerprint density at radius 3 is 1.85 bits per heavy atom. The van der Waals surface area contributed by atoms with Crippen LogP contribution in [0.3, 0.4) is 0 Å². The van der Waals surface area contributed by atoms with Gasteiger partial charge in [0.25, 0.3) is 0 Å². The summed E-state index contributed by atoms with van der Waals surface area (Å²) in [6.07, 6.45) is 1.49. The molecule has 0 bridgehead atoms. The molecule has 0 saturated carbocycles. The van der Waals surface area contributed by atoms with Crippen LogP contribution in [0.25, 0.3) is 0 Å². The summed E-state index contributed by atoms with van der Waals surface area (Å²) >= 11 is 0. The Morgan fingerprint density at radius 1 is 0.950 bits per heavy atom. The third-order valence-electron chi connectivity index (χ3n) is 3.35. The monoisotopic (exact) mass is 270 g/mol. The van der Waals surface area contributed by atoms with E-state index in [0.29, 0.717) is 0 Å². The van der Waals surface area contributed by atoms with Crippen molar-refractivity contribution in [3.05, 3.63) is 59.1 Å². The van der Waals surface area contributed by atoms with Gasteiger partial charge in [0.1, 0.15) is 0 Å². The van der Waals surface area contributed by atoms with Crippen molar-refractivity contribution in [2.45, 2.75) is 33.9 Å². The lowest BCUT2D eigenvalue weighted by atomic mass is 10.3. The van der Waals surface area contributed by atoms with Crippen molar-refractivity contribution in [3.63, 3.8) is 0 Å². The average Bonchev–Trinajstić information content (AvgIpc) is 3.05. The fourth-order valence-electron chi connectivity index (χ4n) is 2.57. The zero-order chi connectivity index (χ0) is 14.3. The van der Waals surface area contributed by atoms with Crippen LogP contribution in [0, 0.1) is 27.7 Å². The third-order valence-corrected chi connectivity index (χ3v) is 3.35. The second-order valence-electron chi connectivity index (χ2n) is 5.13. The maximum Gasteiger partial charge on any atom is 0.201 e. The van der Waals surface area contributed by atoms with Gasteiger partial charge < -0.3 is 4.42 Å². The summed E-state index contributed by atoms with van der Waals surface area (Å²) in [4.78, 5) is 0. The van der Waals surface area contributed by atoms with Gasteiger partial charge in [0, 0.05) is 11.4 Å². The van der Waals surface area contributed by atoms with Crippen LogP contribution >= 0.6 is 0 Å². The van der Waals surface area contributed by atoms with E-state index in [4.69, 9.17) is 4.42 Å². The van der Waals surface area contributed by atoms with Crippen LogP contribution in [0.15, 0.2) is 34.9 Å². The number of furan rings is 1. The van der Waals surface area contributed by atoms with Crippen molar-refractivity contribution in [2.75, 3.05) is 0 Å². The fraction of sp³-hybridized carbons (Fsp3) is 0.333. The van der Waals surface area contributed by atoms with Gasteiger partial charge in [-0.3, -0.25) is 0 Å². The molecule has 0 atom stereocenters. The molecule has 3 rings (SSSR count). The van der Waals surface area contributed by atoms with E-state index in [9.17, 15) is 0 Å². The molecule has 0 aromatic carbocycles. The minimum Gasteiger partial charge on any atom is -0.465 e. The van der Waals surface area contributed by atoms with Crippen LogP contribution in [-0.2, 0) is 0 Å². The SMILES string of the molecule is Cc1cc(C)n(C(c2ccco2)n2nc(C)cc2C)n1. The summed E-state index contributed by atoms with van der Waals surface area (Å²) < 4.78 is 9.52. The highest BCUT2D eigenvalue weighted by Gasteiger charge is 2.23. The lowest BCUT2D eigenvalue weighted by molar-refractivity contribution is 0.333. The lowest BCUT2D eigenvalue weighted by Crippen LogP contribution is -2.23. The molecule has 5 heteroatoms. The van der Waals surface area contributed by atoms with Crippen LogP contribution in [0.5, 0.6) is 0 Å². The Morgan fingerprint density at radius 2 is 1.50 bits per heavy atom. The van der Waals surface area contributed by atoms with E-state index in [0.717, 1.165) is 28.5 Å². The molecular formula is C15H18N4O. The number of aromatic nitrogens is 4. The number of nitrogens with zero attached hydrogens (tertiary/aromatic N) is 4. The normalized spacial score (nSPS) is 11.4. The Kier molecular flexibility index (Phi) is 2.97. The molecule has 0 radical (unpaired) electrons. The topological polar surface area (TPSA) is 48.8 Å². The zero-order valence-corrected chi connectivity index (χ0v) is 12.2. The Hall–Kier alpha value is -2.30. The predicted octanol–water partition coefficient (Wildman–Crippen LogP) is 3.00. The quantitative estimate of drug-likeness (QED) is 0.735. The lowest BCUT2D eigenvalue weighted by Gasteiger charge is -2.19. The molecule has 0 unspecified atom stereocenters. The summed E-state index contributed by atoms with van der Waals surface area (Å²) in [5.74, 6) is 0.822. The summed E-state index contributed by atoms with van der Waals surface area (Å²) in [6.45, 7) is 8.07. The highest BCUT2D eigenvalue weighted by Crippen LogP contribution is 2.24. The maximum atomic E-state index is 5.61. The second-order valence-corrected chi connectivity index (χ2v) is 5.13. The molecule has 0 amide bonds. The van der Waals surface area contributed by atoms with E-state index < -0.39 is 0 Å². The molecule has 0 saturated heterocycles. The van der Waals surface area contributed by atoms with E-state index in [1.54, 1.807) is 6.26 Å². The highest BCUT2D eigenvalue weighted by atomic mass is 16.3. The van der Waals surface area contributed by atoms with Gasteiger partial charge in [-0.15, -0.1) is 0 Å². The third kappa shape index (κ3) is 2.05. The van der Waals surface area contributed by atoms with Crippen molar-refractivity contribution < 1.29 is 4.42 Å². The van der Waals surface area contributed by atoms with E-state index in [-0.39, 0.29) is 6.17 Å². The van der Waals surface area contributed by atoms with Crippen molar-refractivity contribution >= 4 is 0 Å². The minimum absolute atomic E-state index is 0.188. The first-order valence-electron chi connectivity index (χ1n) is 6.65. The second kappa shape index (κ2) is 4.67. The van der Waals surface area contributed by atoms with E-state index in [1.807, 2.05) is 49.2 Å². The smallest absolute Gasteiger partial charge is 0.201 e. The summed E-state index contributed by atoms with van der Waals surface area (Å²) in [7, 11) is 0. The molecule has 104 valence electrons. The molecule has 0 N–H and O–H groups in total. The van der Waals surface area contributed by atoms with Crippen molar-refractivity contribution in [1.29, 1.82) is 0 Å². The van der Waals surface area contributed by atoms with Gasteiger partial charge in [-0.2, -0.15) is 10.2 Å². The largest absolute Gasteiger partial charge is 0.465 e. The molecule has 3 aromatic heterocycles. The average molecular weight is 270 g/mol. The first-order chi connectivity index (χ1) is 9.56. The molecule has 3 aromatic rings. The number of hydrogen-bond donors (Lipinski definition) is 0. The molecule has 5 nitrogen and oxygen atoms in total. The van der Waals surface area contributed by atoms with E-state index in [2.05, 4.69) is 22.3 Å². The molecular weight excluding hydrogens is 252 g/mol. The van der Waals surface area contributed by atoms with Crippen LogP contribution in [-0.4, -0.2) is 19.6 Å². The molecule has 0 spiro atoms. The number of aryl methyl sites for hydroxylation is 4. The van der Waals surface area contributed by atoms with Gasteiger partial charge in [0.15, 0.2) is 5.76 Å². The van der Waals surface area contributed by atoms with Gasteiger partial charge in [-0.05, 0) is 52.0 Å². The van der Waals surface area contributed by atoms with Crippen LogP contribution in [0.1, 0.15) is 34.7 Å². The molecule has 20 heavy (non-hydrogen) atoms. The van der Waals surface area contributed by atoms with Crippen molar-refractivity contribution in [3.8, 4) is 0 Å². The van der Waals surface area contributed by atoms with E-state index >= 15 is 0 Å². The van der Waals surface area contributed by atoms with Gasteiger partial charge in [-0.1, -0.05) is 0 Å². The standard InChI is InChI=1S/C15H18N4O/c1-10-8-12(3)18(16-10)15(14-6-5-7-20-14)19-13(4)9-11(2)17-19/h5-9,15H,1-4H3. The van der Waals surface area contributed by atoms with Crippen LogP contribution in [0.2, 0.25) is 0 Å². The van der Waals surface area contributed by atoms with Gasteiger partial charge in [0.05, 0.1) is 17.7 Å². The van der Waals surface area contributed by atoms with Gasteiger partial charge in [0.2, 0.25) is 6.17 Å². The van der Waals surface area contributed by atoms with E-state index in [1.165, 1.54) is 0 Å². The van der Waals surface area contributed by atoms with Crippen molar-refractivity contribution in [1.82, 2.24) is 19.6 Å². The first-order valence-corrected chi connectivity index (χ1v) is 6.65. The minimum atomic E-state index is -0.188. The molecule has 3 heterocycles. The Bertz CT molecular complexity index is 675. The van der Waals surface area contributed by atoms with Gasteiger partial charge >= 0.3 is 0 Å². The first kappa shape index (κ1) is 12.7. The summed E-state index contributed by atoms with van der Waals surface area (Å²) in [5, 5.41) is 9.18. The fourth-order valence-corrected chi connectivity index (χ4v) is 2.57. The van der Waals surface area contributed by atoms with Crippen molar-refractivity contribution in [2.24, 2.45) is 0 Å². The molecule has 0 aliphatic carbocycles. The Labute approximate surface area is 117 Å². The van der Waals surface area contributed by atoms with Crippen LogP contribution < -0.4 is 0 Å². The number of hydrogen-bond acceptors (Lipinski definition) is 3. The Balaban J connectivity index is 2.19. The predicted molar refractivity (Wildman–Crippen MR) is 75.6 cm³/mol. The van der Waals surface area contributed by atoms with Gasteiger partial charge in [-0.25, -0.2) is 9.36 Å². The summed E-state index contributed by atoms with van der Waals surface area (Å²) in [6, 6.07) is 7.96. The molecule has 0 aliphatic rings. The number of rotatable bonds is 3. The highest BCUT2D eigenvalue weighted by molar-refractivity contribution is 5.17. The summed E-state index contributed by atoms with van der Waals surface area (Å²) in [5.41, 5.74) is 4.13. The zero-order valence-electron chi connectivity index (χ0n) is 12.2. The molecule has 0 aliphatic heterocycles. The molecule has 0 fully saturated rings. The maximum absolute atomic E-state index is 5.61. The van der Waals surface area contributed by atoms with Crippen LogP contribution in [0.4, 0.5) is 0 Å².